The van der Waals surface area contributed by atoms with Gasteiger partial charge < -0.3 is 0 Å². The van der Waals surface area contributed by atoms with Crippen LogP contribution in [0.3, 0.4) is 0 Å². The molecule has 6 heteroatoms. The van der Waals surface area contributed by atoms with Gasteiger partial charge in [-0.25, -0.2) is 4.79 Å². The van der Waals surface area contributed by atoms with E-state index in [4.69, 9.17) is 0 Å². The van der Waals surface area contributed by atoms with E-state index in [1.165, 1.54) is 30.0 Å². The molecule has 0 amide bonds. The second kappa shape index (κ2) is 6.81. The first kappa shape index (κ1) is 16.3. The molecule has 0 radical (unpaired) electrons. The van der Waals surface area contributed by atoms with E-state index in [0.717, 1.165) is 29.0 Å². The topological polar surface area (TPSA) is 29.4 Å². The van der Waals surface area contributed by atoms with Gasteiger partial charge in [-0.15, -0.1) is 0 Å². The predicted molar refractivity (Wildman–Crippen MR) is 79.2 cm³/mol. The molecule has 0 heterocycles. The molecule has 0 bridgehead atoms. The molecule has 0 aliphatic heterocycles. The summed E-state index contributed by atoms with van der Waals surface area (Å²) in [4.78, 5) is 15.5. The zero-order chi connectivity index (χ0) is 16.2. The minimum atomic E-state index is -4.33. The molecule has 0 aliphatic carbocycles. The first-order chi connectivity index (χ1) is 10.4. The number of hydrogen-bond acceptors (Lipinski definition) is 3. The average molecular weight is 323 g/mol. The second-order valence-corrected chi connectivity index (χ2v) is 5.59. The third kappa shape index (κ3) is 4.00. The van der Waals surface area contributed by atoms with Crippen molar-refractivity contribution in [3.8, 4) is 0 Å². The number of nitrogens with zero attached hydrogens (tertiary/aromatic N) is 1. The van der Waals surface area contributed by atoms with Crippen LogP contribution in [0.1, 0.15) is 18.1 Å². The maximum absolute atomic E-state index is 12.5. The van der Waals surface area contributed by atoms with Crippen molar-refractivity contribution < 1.29 is 18.0 Å². The van der Waals surface area contributed by atoms with Gasteiger partial charge in [0.25, 0.3) is 0 Å². The number of isocyanates is 1. The van der Waals surface area contributed by atoms with E-state index in [1.54, 1.807) is 18.2 Å². The Hall–Kier alpha value is -2.04. The zero-order valence-corrected chi connectivity index (χ0v) is 12.5. The molecular weight excluding hydrogens is 311 g/mol. The lowest BCUT2D eigenvalue weighted by molar-refractivity contribution is -0.137. The van der Waals surface area contributed by atoms with Gasteiger partial charge in [0.1, 0.15) is 0 Å². The van der Waals surface area contributed by atoms with Crippen molar-refractivity contribution in [3.05, 3.63) is 53.6 Å². The molecule has 0 unspecified atom stereocenters. The Kier molecular flexibility index (Phi) is 5.06. The normalized spacial score (nSPS) is 11.1. The maximum Gasteiger partial charge on any atom is 0.416 e. The molecule has 2 aromatic carbocycles. The van der Waals surface area contributed by atoms with E-state index in [-0.39, 0.29) is 0 Å². The van der Waals surface area contributed by atoms with Crippen LogP contribution < -0.4 is 0 Å². The number of rotatable bonds is 4. The number of carbonyl (C=O) groups excluding carboxylic acids is 1. The lowest BCUT2D eigenvalue weighted by Crippen LogP contribution is -2.03. The molecule has 0 saturated heterocycles. The summed E-state index contributed by atoms with van der Waals surface area (Å²) in [7, 11) is 0. The summed E-state index contributed by atoms with van der Waals surface area (Å²) in [5.74, 6) is 0. The van der Waals surface area contributed by atoms with E-state index in [1.807, 2.05) is 6.92 Å². The molecule has 0 fully saturated rings. The standard InChI is InChI=1S/C16H12F3NOS/c1-2-11-9-13(20-10-21)5-8-15(11)22-14-6-3-12(4-7-14)16(17,18)19/h3-9H,2H2,1H3. The van der Waals surface area contributed by atoms with Crippen molar-refractivity contribution in [2.45, 2.75) is 29.3 Å². The van der Waals surface area contributed by atoms with E-state index < -0.39 is 11.7 Å². The van der Waals surface area contributed by atoms with Crippen LogP contribution in [-0.4, -0.2) is 6.08 Å². The van der Waals surface area contributed by atoms with Crippen molar-refractivity contribution in [2.75, 3.05) is 0 Å². The summed E-state index contributed by atoms with van der Waals surface area (Å²) in [6.45, 7) is 1.96. The lowest BCUT2D eigenvalue weighted by atomic mass is 10.1. The molecule has 2 aromatic rings. The Balaban J connectivity index is 2.25. The minimum Gasteiger partial charge on any atom is -0.211 e. The van der Waals surface area contributed by atoms with E-state index in [2.05, 4.69) is 4.99 Å². The minimum absolute atomic E-state index is 0.517. The van der Waals surface area contributed by atoms with Crippen LogP contribution in [0.15, 0.2) is 57.2 Å². The van der Waals surface area contributed by atoms with Gasteiger partial charge in [0.05, 0.1) is 11.3 Å². The average Bonchev–Trinajstić information content (AvgIpc) is 2.48. The van der Waals surface area contributed by atoms with Crippen molar-refractivity contribution >= 4 is 23.5 Å². The van der Waals surface area contributed by atoms with Gasteiger partial charge >= 0.3 is 6.18 Å². The van der Waals surface area contributed by atoms with Gasteiger partial charge in [-0.3, -0.25) is 0 Å². The Morgan fingerprint density at radius 1 is 1.14 bits per heavy atom. The molecule has 0 aromatic heterocycles. The van der Waals surface area contributed by atoms with E-state index in [0.29, 0.717) is 10.6 Å². The largest absolute Gasteiger partial charge is 0.416 e. The summed E-state index contributed by atoms with van der Waals surface area (Å²) >= 11 is 1.38. The van der Waals surface area contributed by atoms with Gasteiger partial charge in [0.2, 0.25) is 6.08 Å². The Labute approximate surface area is 130 Å². The first-order valence-corrected chi connectivity index (χ1v) is 7.31. The number of benzene rings is 2. The predicted octanol–water partition coefficient (Wildman–Crippen LogP) is 5.39. The highest BCUT2D eigenvalue weighted by Crippen LogP contribution is 2.35. The number of aryl methyl sites for hydroxylation is 1. The van der Waals surface area contributed by atoms with Crippen molar-refractivity contribution in [1.29, 1.82) is 0 Å². The smallest absolute Gasteiger partial charge is 0.211 e. The molecule has 114 valence electrons. The summed E-state index contributed by atoms with van der Waals surface area (Å²) in [5, 5.41) is 0. The molecule has 0 spiro atoms. The summed E-state index contributed by atoms with van der Waals surface area (Å²) in [5.41, 5.74) is 0.827. The van der Waals surface area contributed by atoms with Crippen LogP contribution >= 0.6 is 11.8 Å². The van der Waals surface area contributed by atoms with Crippen molar-refractivity contribution in [1.82, 2.24) is 0 Å². The quantitative estimate of drug-likeness (QED) is 0.558. The Morgan fingerprint density at radius 3 is 2.36 bits per heavy atom. The summed E-state index contributed by atoms with van der Waals surface area (Å²) in [6, 6.07) is 10.3. The molecule has 0 N–H and O–H groups in total. The van der Waals surface area contributed by atoms with Crippen LogP contribution in [0, 0.1) is 0 Å². The van der Waals surface area contributed by atoms with E-state index in [9.17, 15) is 18.0 Å². The molecular formula is C16H12F3NOS. The zero-order valence-electron chi connectivity index (χ0n) is 11.6. The number of hydrogen-bond donors (Lipinski definition) is 0. The number of aliphatic imine (C=N–C) groups is 1. The number of alkyl halides is 3. The molecule has 0 saturated carbocycles. The van der Waals surface area contributed by atoms with Crippen LogP contribution in [-0.2, 0) is 17.4 Å². The Morgan fingerprint density at radius 2 is 1.82 bits per heavy atom. The second-order valence-electron chi connectivity index (χ2n) is 4.47. The molecule has 2 nitrogen and oxygen atoms in total. The van der Waals surface area contributed by atoms with Gasteiger partial charge in [-0.1, -0.05) is 18.7 Å². The van der Waals surface area contributed by atoms with Crippen LogP contribution in [0.5, 0.6) is 0 Å². The highest BCUT2D eigenvalue weighted by Gasteiger charge is 2.29. The highest BCUT2D eigenvalue weighted by atomic mass is 32.2. The van der Waals surface area contributed by atoms with Gasteiger partial charge in [0.15, 0.2) is 0 Å². The fourth-order valence-electron chi connectivity index (χ4n) is 1.90. The lowest BCUT2D eigenvalue weighted by Gasteiger charge is -2.10. The fourth-order valence-corrected chi connectivity index (χ4v) is 2.90. The monoisotopic (exact) mass is 323 g/mol. The molecule has 0 aliphatic rings. The van der Waals surface area contributed by atoms with Crippen LogP contribution in [0.25, 0.3) is 0 Å². The molecule has 2 rings (SSSR count). The van der Waals surface area contributed by atoms with Crippen molar-refractivity contribution in [2.24, 2.45) is 4.99 Å². The third-order valence-electron chi connectivity index (χ3n) is 3.01. The van der Waals surface area contributed by atoms with Crippen molar-refractivity contribution in [3.63, 3.8) is 0 Å². The van der Waals surface area contributed by atoms with Crippen LogP contribution in [0.2, 0.25) is 0 Å². The Bertz CT molecular complexity index is 704. The number of halogens is 3. The van der Waals surface area contributed by atoms with E-state index >= 15 is 0 Å². The maximum atomic E-state index is 12.5. The van der Waals surface area contributed by atoms with Crippen LogP contribution in [0.4, 0.5) is 18.9 Å². The first-order valence-electron chi connectivity index (χ1n) is 6.50. The third-order valence-corrected chi connectivity index (χ3v) is 4.14. The SMILES string of the molecule is CCc1cc(N=C=O)ccc1Sc1ccc(C(F)(F)F)cc1. The molecule has 0 atom stereocenters. The summed E-state index contributed by atoms with van der Waals surface area (Å²) in [6.07, 6.45) is -2.11. The van der Waals surface area contributed by atoms with Gasteiger partial charge in [-0.2, -0.15) is 18.2 Å². The van der Waals surface area contributed by atoms with Gasteiger partial charge in [-0.05, 0) is 54.4 Å². The highest BCUT2D eigenvalue weighted by molar-refractivity contribution is 7.99. The molecule has 22 heavy (non-hydrogen) atoms. The fraction of sp³-hybridized carbons (Fsp3) is 0.188. The van der Waals surface area contributed by atoms with Gasteiger partial charge in [0, 0.05) is 9.79 Å². The summed E-state index contributed by atoms with van der Waals surface area (Å²) < 4.78 is 37.6.